The van der Waals surface area contributed by atoms with Gasteiger partial charge in [0.1, 0.15) is 17.3 Å². The molecule has 2 aliphatic rings. The smallest absolute Gasteiger partial charge is 0.124 e. The summed E-state index contributed by atoms with van der Waals surface area (Å²) in [5, 5.41) is 9.43. The van der Waals surface area contributed by atoms with E-state index in [1.165, 1.54) is 23.6 Å². The molecule has 0 radical (unpaired) electrons. The monoisotopic (exact) mass is 436 g/mol. The van der Waals surface area contributed by atoms with E-state index in [2.05, 4.69) is 85.7 Å². The van der Waals surface area contributed by atoms with Crippen molar-refractivity contribution < 1.29 is 0 Å². The third-order valence-electron chi connectivity index (χ3n) is 6.78. The Hall–Kier alpha value is -3.40. The lowest BCUT2D eigenvalue weighted by Crippen LogP contribution is -2.21. The zero-order chi connectivity index (χ0) is 22.2. The molecule has 2 saturated heterocycles. The highest BCUT2D eigenvalue weighted by Gasteiger charge is 2.24. The second kappa shape index (κ2) is 8.51. The van der Waals surface area contributed by atoms with Gasteiger partial charge in [0.2, 0.25) is 0 Å². The van der Waals surface area contributed by atoms with Gasteiger partial charge < -0.3 is 20.6 Å². The van der Waals surface area contributed by atoms with E-state index >= 15 is 0 Å². The van der Waals surface area contributed by atoms with E-state index in [9.17, 15) is 0 Å². The predicted molar refractivity (Wildman–Crippen MR) is 131 cm³/mol. The number of fused-ring (bicyclic) bond motifs is 1. The molecule has 0 bridgehead atoms. The van der Waals surface area contributed by atoms with Gasteiger partial charge in [0, 0.05) is 17.2 Å². The van der Waals surface area contributed by atoms with Crippen molar-refractivity contribution in [1.82, 2.24) is 30.6 Å². The van der Waals surface area contributed by atoms with Gasteiger partial charge in [0.05, 0.1) is 30.2 Å². The van der Waals surface area contributed by atoms with Crippen molar-refractivity contribution in [3.05, 3.63) is 71.7 Å². The number of nitrogens with one attached hydrogen (secondary N) is 4. The second-order valence-electron chi connectivity index (χ2n) is 9.24. The van der Waals surface area contributed by atoms with Crippen LogP contribution in [0.1, 0.15) is 67.6 Å². The minimum Gasteiger partial charge on any atom is -0.341 e. The van der Waals surface area contributed by atoms with Crippen molar-refractivity contribution >= 4 is 10.8 Å². The lowest BCUT2D eigenvalue weighted by Gasteiger charge is -2.08. The van der Waals surface area contributed by atoms with Crippen LogP contribution in [0.3, 0.4) is 0 Å². The molecule has 33 heavy (non-hydrogen) atoms. The fourth-order valence-corrected chi connectivity index (χ4v) is 4.93. The first-order valence-electron chi connectivity index (χ1n) is 11.9. The molecule has 2 aromatic heterocycles. The van der Waals surface area contributed by atoms with Gasteiger partial charge in [0.15, 0.2) is 0 Å². The Kier molecular flexibility index (Phi) is 5.21. The van der Waals surface area contributed by atoms with E-state index in [0.717, 1.165) is 53.5 Å². The minimum absolute atomic E-state index is 0.329. The molecular formula is C27H28N6. The molecule has 2 fully saturated rings. The summed E-state index contributed by atoms with van der Waals surface area (Å²) in [7, 11) is 0. The highest BCUT2D eigenvalue weighted by Crippen LogP contribution is 2.28. The van der Waals surface area contributed by atoms with E-state index in [1.54, 1.807) is 0 Å². The summed E-state index contributed by atoms with van der Waals surface area (Å²) < 4.78 is 0. The Balaban J connectivity index is 1.20. The zero-order valence-corrected chi connectivity index (χ0v) is 18.8. The number of nitrogens with zero attached hydrogens (tertiary/aromatic N) is 2. The highest BCUT2D eigenvalue weighted by molar-refractivity contribution is 5.88. The highest BCUT2D eigenvalue weighted by atomic mass is 15.1. The van der Waals surface area contributed by atoms with Crippen LogP contribution in [-0.4, -0.2) is 32.5 Å². The van der Waals surface area contributed by atoms with Crippen molar-refractivity contribution in [2.24, 2.45) is 0 Å². The molecule has 0 spiro atoms. The number of benzene rings is 2. The Morgan fingerprint density at radius 3 is 2.55 bits per heavy atom. The van der Waals surface area contributed by atoms with E-state index in [-0.39, 0.29) is 0 Å². The van der Waals surface area contributed by atoms with Crippen LogP contribution in [0.15, 0.2) is 48.8 Å². The summed E-state index contributed by atoms with van der Waals surface area (Å²) in [6, 6.07) is 14.1. The van der Waals surface area contributed by atoms with Crippen molar-refractivity contribution in [3.8, 4) is 23.1 Å². The number of hydrogen-bond donors (Lipinski definition) is 4. The van der Waals surface area contributed by atoms with Gasteiger partial charge >= 0.3 is 0 Å². The normalized spacial score (nSPS) is 22.5. The molecule has 6 nitrogen and oxygen atoms in total. The molecule has 4 N–H and O–H groups in total. The molecule has 3 atom stereocenters. The summed E-state index contributed by atoms with van der Waals surface area (Å²) in [5.74, 6) is 8.52. The Labute approximate surface area is 193 Å². The van der Waals surface area contributed by atoms with Crippen LogP contribution in [-0.2, 0) is 0 Å². The number of aromatic nitrogens is 4. The first kappa shape index (κ1) is 20.2. The molecule has 166 valence electrons. The molecular weight excluding hydrogens is 408 g/mol. The molecule has 4 aromatic rings. The number of rotatable bonds is 3. The summed E-state index contributed by atoms with van der Waals surface area (Å²) in [6.45, 7) is 3.29. The Bertz CT molecular complexity index is 1350. The molecule has 2 aromatic carbocycles. The molecule has 6 rings (SSSR count). The third kappa shape index (κ3) is 4.18. The Morgan fingerprint density at radius 2 is 1.70 bits per heavy atom. The first-order chi connectivity index (χ1) is 16.2. The van der Waals surface area contributed by atoms with E-state index in [1.807, 2.05) is 12.4 Å². The largest absolute Gasteiger partial charge is 0.341 e. The van der Waals surface area contributed by atoms with Crippen LogP contribution >= 0.6 is 0 Å². The van der Waals surface area contributed by atoms with Crippen LogP contribution in [0.25, 0.3) is 22.0 Å². The fourth-order valence-electron chi connectivity index (χ4n) is 4.93. The maximum atomic E-state index is 4.63. The lowest BCUT2D eigenvalue weighted by molar-refractivity contribution is 0.564. The van der Waals surface area contributed by atoms with Crippen molar-refractivity contribution in [2.45, 2.75) is 50.7 Å². The SMILES string of the molecule is C[C@H]1CC[C@@H](c2ncc(-c3ccc4cc(C#Cc5cnc([C@@H]6CCCN6)[nH]5)ccc4c3)[nH]2)N1. The third-order valence-corrected chi connectivity index (χ3v) is 6.78. The van der Waals surface area contributed by atoms with Crippen molar-refractivity contribution in [1.29, 1.82) is 0 Å². The topological polar surface area (TPSA) is 81.4 Å². The quantitative estimate of drug-likeness (QED) is 0.354. The maximum Gasteiger partial charge on any atom is 0.124 e. The average molecular weight is 437 g/mol. The molecule has 0 saturated carbocycles. The second-order valence-corrected chi connectivity index (χ2v) is 9.24. The van der Waals surface area contributed by atoms with Gasteiger partial charge in [-0.2, -0.15) is 0 Å². The van der Waals surface area contributed by atoms with E-state index in [0.29, 0.717) is 18.1 Å². The number of H-pyrrole nitrogens is 2. The van der Waals surface area contributed by atoms with Gasteiger partial charge in [-0.3, -0.25) is 0 Å². The van der Waals surface area contributed by atoms with Crippen LogP contribution in [0.4, 0.5) is 0 Å². The predicted octanol–water partition coefficient (Wildman–Crippen LogP) is 4.59. The number of aromatic amines is 2. The van der Waals surface area contributed by atoms with Crippen molar-refractivity contribution in [3.63, 3.8) is 0 Å². The number of imidazole rings is 2. The van der Waals surface area contributed by atoms with E-state index < -0.39 is 0 Å². The molecule has 0 amide bonds. The molecule has 6 heteroatoms. The summed E-state index contributed by atoms with van der Waals surface area (Å²) in [4.78, 5) is 16.0. The van der Waals surface area contributed by atoms with Crippen LogP contribution in [0.2, 0.25) is 0 Å². The summed E-state index contributed by atoms with van der Waals surface area (Å²) >= 11 is 0. The standard InChI is InChI=1S/C27H28N6/c1-17-4-11-24(31-17)27-30-16-25(33-27)21-9-8-19-13-18(5-7-20(19)14-21)6-10-22-15-29-26(32-22)23-3-2-12-28-23/h5,7-9,13-17,23-24,28,31H,2-4,11-12H2,1H3,(H,29,32)(H,30,33)/t17-,23-,24-/m0/s1. The molecule has 0 aliphatic carbocycles. The molecule has 4 heterocycles. The van der Waals surface area contributed by atoms with Gasteiger partial charge in [-0.05, 0) is 74.0 Å². The van der Waals surface area contributed by atoms with Crippen LogP contribution < -0.4 is 10.6 Å². The van der Waals surface area contributed by atoms with E-state index in [4.69, 9.17) is 0 Å². The maximum absolute atomic E-state index is 4.63. The van der Waals surface area contributed by atoms with Gasteiger partial charge in [-0.1, -0.05) is 24.1 Å². The number of hydrogen-bond acceptors (Lipinski definition) is 4. The Morgan fingerprint density at radius 1 is 0.848 bits per heavy atom. The fraction of sp³-hybridized carbons (Fsp3) is 0.333. The van der Waals surface area contributed by atoms with Crippen molar-refractivity contribution in [2.75, 3.05) is 6.54 Å². The zero-order valence-electron chi connectivity index (χ0n) is 18.8. The molecule has 2 aliphatic heterocycles. The molecule has 0 unspecified atom stereocenters. The summed E-state index contributed by atoms with van der Waals surface area (Å²) in [6.07, 6.45) is 8.43. The van der Waals surface area contributed by atoms with Gasteiger partial charge in [-0.15, -0.1) is 0 Å². The first-order valence-corrected chi connectivity index (χ1v) is 11.9. The van der Waals surface area contributed by atoms with Gasteiger partial charge in [0.25, 0.3) is 0 Å². The van der Waals surface area contributed by atoms with Gasteiger partial charge in [-0.25, -0.2) is 9.97 Å². The summed E-state index contributed by atoms with van der Waals surface area (Å²) in [5.41, 5.74) is 4.06. The van der Waals surface area contributed by atoms with Crippen LogP contribution in [0.5, 0.6) is 0 Å². The van der Waals surface area contributed by atoms with Crippen LogP contribution in [0, 0.1) is 11.8 Å². The minimum atomic E-state index is 0.329. The lowest BCUT2D eigenvalue weighted by atomic mass is 10.0. The average Bonchev–Trinajstić information content (AvgIpc) is 3.64.